The molecule has 1 amide bonds. The maximum Gasteiger partial charge on any atom is 0.251 e. The lowest BCUT2D eigenvalue weighted by atomic mass is 9.80. The minimum Gasteiger partial charge on any atom is -0.392 e. The van der Waals surface area contributed by atoms with Crippen molar-refractivity contribution >= 4 is 5.91 Å². The number of carbonyl (C=O) groups excluding carboxylic acids is 1. The van der Waals surface area contributed by atoms with Crippen LogP contribution in [0.15, 0.2) is 36.7 Å². The Bertz CT molecular complexity index is 650. The van der Waals surface area contributed by atoms with E-state index in [-0.39, 0.29) is 11.8 Å². The van der Waals surface area contributed by atoms with Crippen LogP contribution in [0.4, 0.5) is 0 Å². The van der Waals surface area contributed by atoms with Gasteiger partial charge in [0.1, 0.15) is 0 Å². The van der Waals surface area contributed by atoms with Gasteiger partial charge in [-0.15, -0.1) is 5.10 Å². The Morgan fingerprint density at radius 1 is 1.39 bits per heavy atom. The maximum absolute atomic E-state index is 12.4. The molecule has 0 bridgehead atoms. The van der Waals surface area contributed by atoms with E-state index in [1.165, 1.54) is 0 Å². The fourth-order valence-electron chi connectivity index (χ4n) is 2.55. The zero-order chi connectivity index (χ0) is 17.0. The zero-order valence-electron chi connectivity index (χ0n) is 14.0. The smallest absolute Gasteiger partial charge is 0.251 e. The van der Waals surface area contributed by atoms with Gasteiger partial charge in [-0.05, 0) is 24.1 Å². The van der Waals surface area contributed by atoms with Gasteiger partial charge >= 0.3 is 0 Å². The van der Waals surface area contributed by atoms with E-state index in [9.17, 15) is 9.90 Å². The van der Waals surface area contributed by atoms with Gasteiger partial charge in [-0.1, -0.05) is 39.0 Å². The molecule has 0 spiro atoms. The van der Waals surface area contributed by atoms with Crippen molar-refractivity contribution in [3.8, 4) is 5.69 Å². The Morgan fingerprint density at radius 3 is 2.74 bits per heavy atom. The largest absolute Gasteiger partial charge is 0.392 e. The van der Waals surface area contributed by atoms with Gasteiger partial charge < -0.3 is 10.4 Å². The summed E-state index contributed by atoms with van der Waals surface area (Å²) < 4.78 is 1.60. The molecule has 0 aliphatic heterocycles. The van der Waals surface area contributed by atoms with Crippen molar-refractivity contribution in [2.24, 2.45) is 11.3 Å². The highest BCUT2D eigenvalue weighted by atomic mass is 16.3. The molecule has 0 radical (unpaired) electrons. The number of carbonyl (C=O) groups is 1. The normalized spacial score (nSPS) is 13.1. The van der Waals surface area contributed by atoms with Gasteiger partial charge in [-0.25, -0.2) is 4.68 Å². The van der Waals surface area contributed by atoms with Crippen LogP contribution in [-0.4, -0.2) is 38.7 Å². The van der Waals surface area contributed by atoms with Crippen LogP contribution in [0.3, 0.4) is 0 Å². The second-order valence-electron chi connectivity index (χ2n) is 6.76. The van der Waals surface area contributed by atoms with Crippen molar-refractivity contribution in [1.29, 1.82) is 0 Å². The van der Waals surface area contributed by atoms with Gasteiger partial charge in [0.25, 0.3) is 5.91 Å². The SMILES string of the molecule is CC(C)C(O)C(C)(C)CNC(=O)c1cccc(-n2ccnn2)c1. The summed E-state index contributed by atoms with van der Waals surface area (Å²) in [6, 6.07) is 7.18. The number of aliphatic hydroxyl groups excluding tert-OH is 1. The Labute approximate surface area is 136 Å². The topological polar surface area (TPSA) is 80.0 Å². The van der Waals surface area contributed by atoms with Crippen LogP contribution >= 0.6 is 0 Å². The summed E-state index contributed by atoms with van der Waals surface area (Å²) >= 11 is 0. The van der Waals surface area contributed by atoms with Crippen LogP contribution in [0.25, 0.3) is 5.69 Å². The molecular weight excluding hydrogens is 292 g/mol. The number of aromatic nitrogens is 3. The quantitative estimate of drug-likeness (QED) is 0.854. The second kappa shape index (κ2) is 6.91. The lowest BCUT2D eigenvalue weighted by molar-refractivity contribution is 0.0138. The molecule has 2 aromatic rings. The molecular formula is C17H24N4O2. The molecule has 0 saturated carbocycles. The first-order valence-corrected chi connectivity index (χ1v) is 7.74. The number of aliphatic hydroxyl groups is 1. The molecule has 0 saturated heterocycles. The van der Waals surface area contributed by atoms with Crippen molar-refractivity contribution in [2.75, 3.05) is 6.54 Å². The molecule has 1 aromatic heterocycles. The summed E-state index contributed by atoms with van der Waals surface area (Å²) in [6.45, 7) is 8.23. The summed E-state index contributed by atoms with van der Waals surface area (Å²) in [7, 11) is 0. The van der Waals surface area contributed by atoms with E-state index in [0.29, 0.717) is 12.1 Å². The fraction of sp³-hybridized carbons (Fsp3) is 0.471. The summed E-state index contributed by atoms with van der Waals surface area (Å²) in [6.07, 6.45) is 2.83. The molecule has 1 atom stereocenters. The van der Waals surface area contributed by atoms with Crippen molar-refractivity contribution in [3.63, 3.8) is 0 Å². The summed E-state index contributed by atoms with van der Waals surface area (Å²) in [4.78, 5) is 12.4. The van der Waals surface area contributed by atoms with Gasteiger partial charge in [0.15, 0.2) is 0 Å². The Morgan fingerprint density at radius 2 is 2.13 bits per heavy atom. The molecule has 1 aromatic carbocycles. The predicted molar refractivity (Wildman–Crippen MR) is 88.3 cm³/mol. The average Bonchev–Trinajstić information content (AvgIpc) is 3.06. The van der Waals surface area contributed by atoms with Gasteiger partial charge in [-0.3, -0.25) is 4.79 Å². The lowest BCUT2D eigenvalue weighted by Crippen LogP contribution is -2.43. The molecule has 1 heterocycles. The van der Waals surface area contributed by atoms with E-state index < -0.39 is 11.5 Å². The lowest BCUT2D eigenvalue weighted by Gasteiger charge is -2.33. The molecule has 6 heteroatoms. The van der Waals surface area contributed by atoms with Crippen molar-refractivity contribution in [2.45, 2.75) is 33.8 Å². The monoisotopic (exact) mass is 316 g/mol. The van der Waals surface area contributed by atoms with E-state index in [2.05, 4.69) is 15.6 Å². The number of hydrogen-bond acceptors (Lipinski definition) is 4. The first-order valence-electron chi connectivity index (χ1n) is 7.74. The highest BCUT2D eigenvalue weighted by Crippen LogP contribution is 2.25. The highest BCUT2D eigenvalue weighted by Gasteiger charge is 2.30. The molecule has 6 nitrogen and oxygen atoms in total. The number of rotatable bonds is 6. The van der Waals surface area contributed by atoms with Crippen molar-refractivity contribution < 1.29 is 9.90 Å². The van der Waals surface area contributed by atoms with E-state index in [1.54, 1.807) is 35.3 Å². The standard InChI is InChI=1S/C17H24N4O2/c1-12(2)15(22)17(3,4)11-18-16(23)13-6-5-7-14(10-13)21-9-8-19-20-21/h5-10,12,15,22H,11H2,1-4H3,(H,18,23). The fourth-order valence-corrected chi connectivity index (χ4v) is 2.55. The van der Waals surface area contributed by atoms with Crippen LogP contribution in [-0.2, 0) is 0 Å². The number of nitrogens with one attached hydrogen (secondary N) is 1. The van der Waals surface area contributed by atoms with Crippen LogP contribution in [0.1, 0.15) is 38.1 Å². The van der Waals surface area contributed by atoms with Gasteiger partial charge in [0, 0.05) is 17.5 Å². The molecule has 124 valence electrons. The molecule has 2 N–H and O–H groups in total. The average molecular weight is 316 g/mol. The number of amides is 1. The van der Waals surface area contributed by atoms with E-state index in [1.807, 2.05) is 33.8 Å². The first kappa shape index (κ1) is 17.1. The Hall–Kier alpha value is -2.21. The molecule has 0 fully saturated rings. The third-order valence-corrected chi connectivity index (χ3v) is 3.93. The van der Waals surface area contributed by atoms with Crippen LogP contribution in [0.5, 0.6) is 0 Å². The van der Waals surface area contributed by atoms with Gasteiger partial charge in [-0.2, -0.15) is 0 Å². The zero-order valence-corrected chi connectivity index (χ0v) is 14.0. The molecule has 1 unspecified atom stereocenters. The van der Waals surface area contributed by atoms with E-state index in [0.717, 1.165) is 5.69 Å². The van der Waals surface area contributed by atoms with Crippen molar-refractivity contribution in [1.82, 2.24) is 20.3 Å². The molecule has 23 heavy (non-hydrogen) atoms. The van der Waals surface area contributed by atoms with E-state index >= 15 is 0 Å². The third kappa shape index (κ3) is 4.16. The maximum atomic E-state index is 12.4. The third-order valence-electron chi connectivity index (χ3n) is 3.93. The van der Waals surface area contributed by atoms with Crippen LogP contribution < -0.4 is 5.32 Å². The van der Waals surface area contributed by atoms with Gasteiger partial charge in [0.05, 0.1) is 24.2 Å². The first-order chi connectivity index (χ1) is 10.8. The van der Waals surface area contributed by atoms with Gasteiger partial charge in [0.2, 0.25) is 0 Å². The second-order valence-corrected chi connectivity index (χ2v) is 6.76. The van der Waals surface area contributed by atoms with Crippen LogP contribution in [0.2, 0.25) is 0 Å². The highest BCUT2D eigenvalue weighted by molar-refractivity contribution is 5.94. The Kier molecular flexibility index (Phi) is 5.15. The predicted octanol–water partition coefficient (Wildman–Crippen LogP) is 2.04. The molecule has 2 rings (SSSR count). The minimum atomic E-state index is -0.482. The van der Waals surface area contributed by atoms with Crippen molar-refractivity contribution in [3.05, 3.63) is 42.2 Å². The number of benzene rings is 1. The molecule has 0 aliphatic carbocycles. The minimum absolute atomic E-state index is 0.137. The summed E-state index contributed by atoms with van der Waals surface area (Å²) in [5, 5.41) is 20.8. The number of hydrogen-bond donors (Lipinski definition) is 2. The summed E-state index contributed by atoms with van der Waals surface area (Å²) in [5.74, 6) is -0.0338. The Balaban J connectivity index is 2.06. The number of nitrogens with zero attached hydrogens (tertiary/aromatic N) is 3. The van der Waals surface area contributed by atoms with Crippen LogP contribution in [0, 0.1) is 11.3 Å². The summed E-state index contributed by atoms with van der Waals surface area (Å²) in [5.41, 5.74) is 0.928. The molecule has 0 aliphatic rings. The van der Waals surface area contributed by atoms with E-state index in [4.69, 9.17) is 0 Å².